The van der Waals surface area contributed by atoms with Gasteiger partial charge in [0.2, 0.25) is 0 Å². The van der Waals surface area contributed by atoms with Crippen molar-refractivity contribution < 1.29 is 0 Å². The summed E-state index contributed by atoms with van der Waals surface area (Å²) in [5.41, 5.74) is 3.56. The van der Waals surface area contributed by atoms with Crippen molar-refractivity contribution in [2.24, 2.45) is 0 Å². The van der Waals surface area contributed by atoms with Crippen molar-refractivity contribution in [2.45, 2.75) is 0 Å². The van der Waals surface area contributed by atoms with Gasteiger partial charge in [-0.25, -0.2) is 9.97 Å². The Morgan fingerprint density at radius 1 is 0.826 bits per heavy atom. The molecule has 1 aliphatic heterocycles. The molecule has 0 radical (unpaired) electrons. The topological polar surface area (TPSA) is 47.3 Å². The molecule has 0 saturated carbocycles. The van der Waals surface area contributed by atoms with Crippen molar-refractivity contribution >= 4 is 27.6 Å². The first kappa shape index (κ1) is 12.3. The number of nitrogens with zero attached hydrogens (tertiary/aromatic N) is 3. The maximum absolute atomic E-state index is 13.1. The molecular formula is C19H11N3O. The van der Waals surface area contributed by atoms with Crippen LogP contribution in [0, 0.1) is 0 Å². The molecule has 108 valence electrons. The van der Waals surface area contributed by atoms with Gasteiger partial charge in [-0.15, -0.1) is 0 Å². The van der Waals surface area contributed by atoms with Crippen LogP contribution in [0.4, 0.5) is 0 Å². The van der Waals surface area contributed by atoms with Crippen LogP contribution >= 0.6 is 0 Å². The summed E-state index contributed by atoms with van der Waals surface area (Å²) in [5.74, 6) is 0. The summed E-state index contributed by atoms with van der Waals surface area (Å²) in [6, 6.07) is 21.3. The second kappa shape index (κ2) is 4.36. The fourth-order valence-corrected chi connectivity index (χ4v) is 3.15. The molecule has 2 aliphatic rings. The fourth-order valence-electron chi connectivity index (χ4n) is 3.15. The van der Waals surface area contributed by atoms with Crippen LogP contribution in [-0.4, -0.2) is 14.4 Å². The molecule has 1 aliphatic carbocycles. The van der Waals surface area contributed by atoms with Crippen LogP contribution in [0.5, 0.6) is 0 Å². The minimum Gasteiger partial charge on any atom is -0.268 e. The van der Waals surface area contributed by atoms with Crippen LogP contribution in [0.2, 0.25) is 0 Å². The summed E-state index contributed by atoms with van der Waals surface area (Å²) in [6.07, 6.45) is 0. The summed E-state index contributed by atoms with van der Waals surface area (Å²) in [4.78, 5) is 22.3. The zero-order valence-corrected chi connectivity index (χ0v) is 12.1. The van der Waals surface area contributed by atoms with Crippen molar-refractivity contribution in [3.63, 3.8) is 0 Å². The van der Waals surface area contributed by atoms with Gasteiger partial charge < -0.3 is 0 Å². The van der Waals surface area contributed by atoms with Gasteiger partial charge in [0, 0.05) is 10.9 Å². The van der Waals surface area contributed by atoms with Gasteiger partial charge >= 0.3 is 0 Å². The minimum absolute atomic E-state index is 0.0695. The Balaban J connectivity index is 2.08. The van der Waals surface area contributed by atoms with Crippen LogP contribution in [0.15, 0.2) is 71.5 Å². The third-order valence-corrected chi connectivity index (χ3v) is 4.17. The Bertz CT molecular complexity index is 1240. The minimum atomic E-state index is -0.0695. The maximum atomic E-state index is 13.1. The molecule has 4 heteroatoms. The lowest BCUT2D eigenvalue weighted by Gasteiger charge is -1.96. The van der Waals surface area contributed by atoms with Gasteiger partial charge in [0.1, 0.15) is 5.65 Å². The van der Waals surface area contributed by atoms with Crippen LogP contribution in [0.3, 0.4) is 0 Å². The van der Waals surface area contributed by atoms with Gasteiger partial charge in [-0.05, 0) is 18.2 Å². The van der Waals surface area contributed by atoms with E-state index in [1.54, 1.807) is 4.40 Å². The smallest absolute Gasteiger partial charge is 0.268 e. The number of hydrogen-bond donors (Lipinski definition) is 0. The van der Waals surface area contributed by atoms with Gasteiger partial charge in [-0.3, -0.25) is 9.20 Å². The van der Waals surface area contributed by atoms with Crippen molar-refractivity contribution in [1.29, 1.82) is 0 Å². The number of hydrogen-bond acceptors (Lipinski definition) is 3. The van der Waals surface area contributed by atoms with Gasteiger partial charge in [-0.2, -0.15) is 0 Å². The highest BCUT2D eigenvalue weighted by Crippen LogP contribution is 2.28. The Morgan fingerprint density at radius 2 is 1.61 bits per heavy atom. The molecule has 3 aromatic rings. The molecule has 0 N–H and O–H groups in total. The van der Waals surface area contributed by atoms with Gasteiger partial charge in [0.15, 0.2) is 5.65 Å². The van der Waals surface area contributed by atoms with Crippen LogP contribution < -0.4 is 5.56 Å². The standard InChI is InChI=1S/C19H11N3O/c23-19-17-13-8-4-2-5-9-14(13)20-18(17)21-16-11-12-7-3-1-6-10-15(12)22(16)19/h1-11H. The average Bonchev–Trinajstić information content (AvgIpc) is 2.84. The first-order chi connectivity index (χ1) is 11.3. The molecular weight excluding hydrogens is 286 g/mol. The van der Waals surface area contributed by atoms with E-state index in [1.807, 2.05) is 66.7 Å². The normalized spacial score (nSPS) is 11.7. The second-order valence-electron chi connectivity index (χ2n) is 5.53. The fraction of sp³-hybridized carbons (Fsp3) is 0. The predicted molar refractivity (Wildman–Crippen MR) is 90.9 cm³/mol. The predicted octanol–water partition coefficient (Wildman–Crippen LogP) is 3.50. The zero-order chi connectivity index (χ0) is 15.4. The highest BCUT2D eigenvalue weighted by atomic mass is 16.1. The lowest BCUT2D eigenvalue weighted by Crippen LogP contribution is -2.13. The highest BCUT2D eigenvalue weighted by molar-refractivity contribution is 5.97. The Morgan fingerprint density at radius 3 is 2.52 bits per heavy atom. The van der Waals surface area contributed by atoms with E-state index in [4.69, 9.17) is 0 Å². The Hall–Kier alpha value is -3.27. The van der Waals surface area contributed by atoms with Crippen molar-refractivity contribution in [3.05, 3.63) is 77.1 Å². The van der Waals surface area contributed by atoms with Crippen LogP contribution in [0.1, 0.15) is 0 Å². The van der Waals surface area contributed by atoms with E-state index in [-0.39, 0.29) is 5.56 Å². The molecule has 0 amide bonds. The quantitative estimate of drug-likeness (QED) is 0.439. The van der Waals surface area contributed by atoms with E-state index in [1.165, 1.54) is 0 Å². The third-order valence-electron chi connectivity index (χ3n) is 4.17. The summed E-state index contributed by atoms with van der Waals surface area (Å²) < 4.78 is 1.67. The van der Waals surface area contributed by atoms with Crippen molar-refractivity contribution in [3.8, 4) is 11.3 Å². The molecule has 0 spiro atoms. The average molecular weight is 297 g/mol. The highest BCUT2D eigenvalue weighted by Gasteiger charge is 2.18. The summed E-state index contributed by atoms with van der Waals surface area (Å²) >= 11 is 0. The van der Waals surface area contributed by atoms with Crippen LogP contribution in [0.25, 0.3) is 38.8 Å². The maximum Gasteiger partial charge on any atom is 0.268 e. The zero-order valence-electron chi connectivity index (χ0n) is 12.1. The molecule has 3 heterocycles. The van der Waals surface area contributed by atoms with Crippen molar-refractivity contribution in [2.75, 3.05) is 0 Å². The lowest BCUT2D eigenvalue weighted by atomic mass is 10.2. The lowest BCUT2D eigenvalue weighted by molar-refractivity contribution is 1.14. The third kappa shape index (κ3) is 1.63. The van der Waals surface area contributed by atoms with E-state index < -0.39 is 0 Å². The molecule has 4 nitrogen and oxygen atoms in total. The molecule has 0 unspecified atom stereocenters. The first-order valence-electron chi connectivity index (χ1n) is 7.42. The SMILES string of the molecule is O=c1c2c3cccccc-3nc2nc2cc3cccccc3n12. The second-order valence-corrected chi connectivity index (χ2v) is 5.53. The summed E-state index contributed by atoms with van der Waals surface area (Å²) in [6.45, 7) is 0. The summed E-state index contributed by atoms with van der Waals surface area (Å²) in [5, 5.41) is 1.56. The number of fused-ring (bicyclic) bond motifs is 6. The van der Waals surface area contributed by atoms with Crippen molar-refractivity contribution in [1.82, 2.24) is 14.4 Å². The molecule has 5 rings (SSSR count). The Labute approximate surface area is 131 Å². The van der Waals surface area contributed by atoms with E-state index in [0.29, 0.717) is 16.7 Å². The van der Waals surface area contributed by atoms with Gasteiger partial charge in [0.05, 0.1) is 16.6 Å². The van der Waals surface area contributed by atoms with Gasteiger partial charge in [-0.1, -0.05) is 48.5 Å². The molecule has 0 bridgehead atoms. The molecule has 23 heavy (non-hydrogen) atoms. The van der Waals surface area contributed by atoms with E-state index in [9.17, 15) is 4.79 Å². The number of aromatic nitrogens is 3. The molecule has 0 saturated heterocycles. The summed E-state index contributed by atoms with van der Waals surface area (Å²) in [7, 11) is 0. The Kier molecular flexibility index (Phi) is 2.33. The van der Waals surface area contributed by atoms with Crippen LogP contribution in [-0.2, 0) is 0 Å². The molecule has 1 aromatic carbocycles. The molecule has 0 fully saturated rings. The number of rotatable bonds is 0. The van der Waals surface area contributed by atoms with E-state index in [0.717, 1.165) is 22.2 Å². The molecule has 0 atom stereocenters. The van der Waals surface area contributed by atoms with E-state index in [2.05, 4.69) is 9.97 Å². The first-order valence-corrected chi connectivity index (χ1v) is 7.42. The molecule has 2 aromatic heterocycles. The largest absolute Gasteiger partial charge is 0.268 e. The monoisotopic (exact) mass is 297 g/mol. The van der Waals surface area contributed by atoms with E-state index >= 15 is 0 Å². The van der Waals surface area contributed by atoms with Gasteiger partial charge in [0.25, 0.3) is 5.56 Å².